The lowest BCUT2D eigenvalue weighted by Gasteiger charge is -2.42. The van der Waals surface area contributed by atoms with Gasteiger partial charge in [0.1, 0.15) is 15.5 Å². The summed E-state index contributed by atoms with van der Waals surface area (Å²) in [6.45, 7) is 5.29. The lowest BCUT2D eigenvalue weighted by molar-refractivity contribution is -0.459. The predicted molar refractivity (Wildman–Crippen MR) is 119 cm³/mol. The number of carbonyl (C=O) groups excluding carboxylic acids is 3. The Morgan fingerprint density at radius 3 is 1.41 bits per heavy atom. The van der Waals surface area contributed by atoms with Crippen LogP contribution in [0, 0.1) is 6.92 Å². The van der Waals surface area contributed by atoms with Gasteiger partial charge in [0.05, 0.1) is 12.2 Å². The Hall–Kier alpha value is -3.08. The minimum absolute atomic E-state index is 0.260. The zero-order valence-electron chi connectivity index (χ0n) is 23.1. The van der Waals surface area contributed by atoms with Gasteiger partial charge in [0.25, 0.3) is 0 Å². The van der Waals surface area contributed by atoms with E-state index in [-0.39, 0.29) is 11.3 Å². The summed E-state index contributed by atoms with van der Waals surface area (Å²) in [5.74, 6) is -66.2. The van der Waals surface area contributed by atoms with Gasteiger partial charge >= 0.3 is 65.5 Å². The number of nitrogens with one attached hydrogen (secondary N) is 1. The van der Waals surface area contributed by atoms with Crippen LogP contribution < -0.4 is 5.32 Å². The average molecular weight is 731 g/mol. The Balaban J connectivity index is 3.76. The zero-order chi connectivity index (χ0) is 37.1. The van der Waals surface area contributed by atoms with E-state index in [1.54, 1.807) is 0 Å². The standard InChI is InChI=1S/C22H18F17NO5S/c1-6-44-11(41)8-7(2)9(12(42)45-14(3,4)5)46-10(8)40-13(43)15(23,24)16(25,26)17(27,28)18(29,30)19(31,32)20(33,34)21(35,36)22(37,38)39/h6H2,1-5H3,(H,40,43). The van der Waals surface area contributed by atoms with Crippen LogP contribution in [0.25, 0.3) is 0 Å². The molecule has 0 aliphatic heterocycles. The Bertz CT molecular complexity index is 1350. The van der Waals surface area contributed by atoms with Gasteiger partial charge in [-0.3, -0.25) is 4.79 Å². The van der Waals surface area contributed by atoms with Crippen molar-refractivity contribution in [2.75, 3.05) is 11.9 Å². The van der Waals surface area contributed by atoms with Crippen molar-refractivity contribution in [3.63, 3.8) is 0 Å². The molecule has 0 fully saturated rings. The van der Waals surface area contributed by atoms with Crippen molar-refractivity contribution >= 4 is 34.2 Å². The van der Waals surface area contributed by atoms with Crippen LogP contribution in [0.15, 0.2) is 0 Å². The molecule has 1 heterocycles. The van der Waals surface area contributed by atoms with Gasteiger partial charge in [0.15, 0.2) is 0 Å². The average Bonchev–Trinajstić information content (AvgIpc) is 3.17. The van der Waals surface area contributed by atoms with Crippen molar-refractivity contribution < 1.29 is 98.5 Å². The molecule has 0 aromatic carbocycles. The second kappa shape index (κ2) is 11.9. The van der Waals surface area contributed by atoms with Crippen LogP contribution in [0.5, 0.6) is 0 Å². The molecule has 46 heavy (non-hydrogen) atoms. The van der Waals surface area contributed by atoms with E-state index in [2.05, 4.69) is 4.74 Å². The van der Waals surface area contributed by atoms with E-state index in [0.717, 1.165) is 13.8 Å². The van der Waals surface area contributed by atoms with Gasteiger partial charge in [-0.2, -0.15) is 74.6 Å². The summed E-state index contributed by atoms with van der Waals surface area (Å²) in [5.41, 5.74) is -3.04. The molecule has 0 aliphatic carbocycles. The summed E-state index contributed by atoms with van der Waals surface area (Å²) in [7, 11) is 0. The van der Waals surface area contributed by atoms with E-state index in [1.165, 1.54) is 20.8 Å². The number of rotatable bonds is 11. The summed E-state index contributed by atoms with van der Waals surface area (Å²) in [6.07, 6.45) is -7.91. The third-order valence-electron chi connectivity index (χ3n) is 5.44. The molecular weight excluding hydrogens is 713 g/mol. The number of halogens is 17. The van der Waals surface area contributed by atoms with Gasteiger partial charge in [-0.15, -0.1) is 11.3 Å². The molecular formula is C22H18F17NO5S. The summed E-state index contributed by atoms with van der Waals surface area (Å²) in [4.78, 5) is 36.0. The Kier molecular flexibility index (Phi) is 10.6. The van der Waals surface area contributed by atoms with E-state index in [1.807, 2.05) is 0 Å². The molecule has 0 atom stereocenters. The van der Waals surface area contributed by atoms with Gasteiger partial charge in [0.2, 0.25) is 0 Å². The maximum atomic E-state index is 14.4. The number of ether oxygens (including phenoxy) is 2. The summed E-state index contributed by atoms with van der Waals surface area (Å²) in [5, 5.41) is -0.766. The van der Waals surface area contributed by atoms with Gasteiger partial charge < -0.3 is 14.8 Å². The molecule has 1 rings (SSSR count). The van der Waals surface area contributed by atoms with E-state index in [4.69, 9.17) is 4.74 Å². The zero-order valence-corrected chi connectivity index (χ0v) is 23.9. The SMILES string of the molecule is CCOC(=O)c1c(NC(=O)C(F)(F)C(F)(F)C(F)(F)C(F)(F)C(F)(F)C(F)(F)C(F)(F)C(F)(F)F)sc(C(=O)OC(C)(C)C)c1C. The predicted octanol–water partition coefficient (Wildman–Crippen LogP) is 8.14. The number of anilines is 1. The van der Waals surface area contributed by atoms with E-state index in [9.17, 15) is 89.0 Å². The Morgan fingerprint density at radius 1 is 0.652 bits per heavy atom. The normalized spacial score (nSPS) is 14.7. The van der Waals surface area contributed by atoms with Gasteiger partial charge in [-0.05, 0) is 40.2 Å². The summed E-state index contributed by atoms with van der Waals surface area (Å²) in [6, 6.07) is 0. The minimum atomic E-state index is -8.88. The minimum Gasteiger partial charge on any atom is -0.462 e. The summed E-state index contributed by atoms with van der Waals surface area (Å²) < 4.78 is 240. The van der Waals surface area contributed by atoms with Crippen LogP contribution in [-0.2, 0) is 14.3 Å². The molecule has 1 aromatic rings. The number of amides is 1. The van der Waals surface area contributed by atoms with Gasteiger partial charge in [0, 0.05) is 0 Å². The first-order valence-corrected chi connectivity index (χ1v) is 12.4. The molecule has 24 heteroatoms. The fourth-order valence-electron chi connectivity index (χ4n) is 3.06. The molecule has 0 aliphatic rings. The molecule has 1 N–H and O–H groups in total. The fourth-order valence-corrected chi connectivity index (χ4v) is 4.12. The van der Waals surface area contributed by atoms with Crippen LogP contribution in [0.3, 0.4) is 0 Å². The number of hydrogen-bond acceptors (Lipinski definition) is 6. The lowest BCUT2D eigenvalue weighted by Crippen LogP contribution is -2.75. The monoisotopic (exact) mass is 731 g/mol. The van der Waals surface area contributed by atoms with E-state index >= 15 is 0 Å². The molecule has 1 aromatic heterocycles. The van der Waals surface area contributed by atoms with Crippen LogP contribution in [-0.4, -0.2) is 77.7 Å². The van der Waals surface area contributed by atoms with Crippen LogP contribution in [0.4, 0.5) is 79.6 Å². The van der Waals surface area contributed by atoms with Crippen LogP contribution >= 0.6 is 11.3 Å². The number of alkyl halides is 17. The second-order valence-electron chi connectivity index (χ2n) is 9.96. The fraction of sp³-hybridized carbons (Fsp3) is 0.682. The molecule has 0 saturated heterocycles. The molecule has 1 amide bonds. The molecule has 0 bridgehead atoms. The molecule has 0 saturated carbocycles. The van der Waals surface area contributed by atoms with Crippen molar-refractivity contribution in [1.29, 1.82) is 0 Å². The molecule has 0 unspecified atom stereocenters. The number of carbonyl (C=O) groups is 3. The van der Waals surface area contributed by atoms with Crippen LogP contribution in [0.2, 0.25) is 0 Å². The maximum Gasteiger partial charge on any atom is 0.460 e. The van der Waals surface area contributed by atoms with Crippen molar-refractivity contribution in [1.82, 2.24) is 0 Å². The first kappa shape index (κ1) is 40.9. The highest BCUT2D eigenvalue weighted by molar-refractivity contribution is 7.18. The highest BCUT2D eigenvalue weighted by Crippen LogP contribution is 2.64. The topological polar surface area (TPSA) is 81.7 Å². The van der Waals surface area contributed by atoms with Crippen molar-refractivity contribution in [2.45, 2.75) is 87.9 Å². The van der Waals surface area contributed by atoms with Crippen molar-refractivity contribution in [2.24, 2.45) is 0 Å². The first-order valence-electron chi connectivity index (χ1n) is 11.6. The molecule has 266 valence electrons. The van der Waals surface area contributed by atoms with E-state index in [0.29, 0.717) is 5.32 Å². The highest BCUT2D eigenvalue weighted by Gasteiger charge is 2.95. The first-order chi connectivity index (χ1) is 20.0. The molecule has 0 radical (unpaired) electrons. The smallest absolute Gasteiger partial charge is 0.460 e. The molecule has 6 nitrogen and oxygen atoms in total. The Labute approximate surface area is 249 Å². The van der Waals surface area contributed by atoms with Crippen molar-refractivity contribution in [3.05, 3.63) is 16.0 Å². The molecule has 0 spiro atoms. The van der Waals surface area contributed by atoms with Gasteiger partial charge in [-0.25, -0.2) is 9.59 Å². The quantitative estimate of drug-likeness (QED) is 0.184. The second-order valence-corrected chi connectivity index (χ2v) is 11.0. The number of hydrogen-bond donors (Lipinski definition) is 1. The van der Waals surface area contributed by atoms with Gasteiger partial charge in [-0.1, -0.05) is 0 Å². The van der Waals surface area contributed by atoms with E-state index < -0.39 is 98.7 Å². The largest absolute Gasteiger partial charge is 0.462 e. The highest BCUT2D eigenvalue weighted by atomic mass is 32.1. The number of thiophene rings is 1. The third kappa shape index (κ3) is 6.28. The number of esters is 2. The Morgan fingerprint density at radius 2 is 1.04 bits per heavy atom. The summed E-state index contributed by atoms with van der Waals surface area (Å²) >= 11 is -0.260. The maximum absolute atomic E-state index is 14.4. The van der Waals surface area contributed by atoms with Crippen LogP contribution in [0.1, 0.15) is 53.3 Å². The third-order valence-corrected chi connectivity index (χ3v) is 6.63. The van der Waals surface area contributed by atoms with Crippen molar-refractivity contribution in [3.8, 4) is 0 Å². The lowest BCUT2D eigenvalue weighted by atomic mass is 9.89.